The summed E-state index contributed by atoms with van der Waals surface area (Å²) in [6.07, 6.45) is -0.492. The number of carbonyl (C=O) groups is 2. The molecule has 0 radical (unpaired) electrons. The molecule has 0 saturated carbocycles. The lowest BCUT2D eigenvalue weighted by atomic mass is 10.0. The van der Waals surface area contributed by atoms with Crippen LogP contribution in [0.1, 0.15) is 11.1 Å². The Hall–Kier alpha value is -2.54. The molecule has 1 amide bonds. The normalized spacial score (nSPS) is 11.3. The number of alkyl carbamates (subject to hydrolysis) is 1. The highest BCUT2D eigenvalue weighted by molar-refractivity contribution is 9.10. The van der Waals surface area contributed by atoms with Crippen molar-refractivity contribution >= 4 is 28.0 Å². The third-order valence-corrected chi connectivity index (χ3v) is 4.15. The zero-order chi connectivity index (χ0) is 18.9. The first-order chi connectivity index (χ1) is 12.5. The van der Waals surface area contributed by atoms with Crippen LogP contribution >= 0.6 is 15.9 Å². The molecule has 0 heterocycles. The number of nitrogens with one attached hydrogen (secondary N) is 1. The topological polar surface area (TPSA) is 73.9 Å². The molecule has 2 aromatic carbocycles. The summed E-state index contributed by atoms with van der Waals surface area (Å²) < 4.78 is 16.1. The van der Waals surface area contributed by atoms with E-state index >= 15 is 0 Å². The zero-order valence-electron chi connectivity index (χ0n) is 14.5. The molecular weight excluding hydrogens is 402 g/mol. The van der Waals surface area contributed by atoms with E-state index in [1.54, 1.807) is 13.2 Å². The van der Waals surface area contributed by atoms with Crippen molar-refractivity contribution in [1.29, 1.82) is 0 Å². The van der Waals surface area contributed by atoms with Crippen molar-refractivity contribution in [1.82, 2.24) is 5.32 Å². The second-order valence-corrected chi connectivity index (χ2v) is 6.36. The van der Waals surface area contributed by atoms with Gasteiger partial charge in [0.25, 0.3) is 0 Å². The van der Waals surface area contributed by atoms with Crippen LogP contribution in [0.3, 0.4) is 0 Å². The fraction of sp³-hybridized carbons (Fsp3) is 0.263. The molecule has 0 bridgehead atoms. The van der Waals surface area contributed by atoms with Gasteiger partial charge < -0.3 is 19.5 Å². The second-order valence-electron chi connectivity index (χ2n) is 5.44. The van der Waals surface area contributed by atoms with E-state index in [1.807, 2.05) is 42.5 Å². The van der Waals surface area contributed by atoms with Crippen molar-refractivity contribution < 1.29 is 23.8 Å². The van der Waals surface area contributed by atoms with Gasteiger partial charge in [-0.3, -0.25) is 0 Å². The summed E-state index contributed by atoms with van der Waals surface area (Å²) in [5.74, 6) is 0.0465. The lowest BCUT2D eigenvalue weighted by Crippen LogP contribution is -2.43. The summed E-state index contributed by atoms with van der Waals surface area (Å²) in [4.78, 5) is 24.1. The highest BCUT2D eigenvalue weighted by Gasteiger charge is 2.24. The van der Waals surface area contributed by atoms with Crippen molar-refractivity contribution in [3.63, 3.8) is 0 Å². The lowest BCUT2D eigenvalue weighted by Gasteiger charge is -2.18. The van der Waals surface area contributed by atoms with Gasteiger partial charge in [0.05, 0.1) is 14.2 Å². The average molecular weight is 422 g/mol. The molecule has 0 fully saturated rings. The quantitative estimate of drug-likeness (QED) is 0.692. The van der Waals surface area contributed by atoms with E-state index < -0.39 is 18.1 Å². The van der Waals surface area contributed by atoms with Crippen molar-refractivity contribution in [2.45, 2.75) is 19.1 Å². The standard InChI is InChI=1S/C19H20BrNO5/c1-24-17-9-8-15(20)10-14(17)11-16(18(22)25-2)21-19(23)26-12-13-6-4-3-5-7-13/h3-10,16H,11-12H2,1-2H3,(H,21,23). The molecule has 0 spiro atoms. The van der Waals surface area contributed by atoms with Crippen LogP contribution in [0.2, 0.25) is 0 Å². The van der Waals surface area contributed by atoms with E-state index in [4.69, 9.17) is 14.2 Å². The summed E-state index contributed by atoms with van der Waals surface area (Å²) in [7, 11) is 2.81. The maximum Gasteiger partial charge on any atom is 0.408 e. The molecule has 0 aliphatic carbocycles. The lowest BCUT2D eigenvalue weighted by molar-refractivity contribution is -0.143. The Labute approximate surface area is 160 Å². The Morgan fingerprint density at radius 1 is 1.12 bits per heavy atom. The number of esters is 1. The first kappa shape index (κ1) is 19.8. The molecule has 2 aromatic rings. The van der Waals surface area contributed by atoms with Gasteiger partial charge in [0.1, 0.15) is 18.4 Å². The Morgan fingerprint density at radius 3 is 2.50 bits per heavy atom. The number of rotatable bonds is 7. The van der Waals surface area contributed by atoms with Crippen LogP contribution in [0.15, 0.2) is 53.0 Å². The highest BCUT2D eigenvalue weighted by Crippen LogP contribution is 2.24. The average Bonchev–Trinajstić information content (AvgIpc) is 2.66. The van der Waals surface area contributed by atoms with Crippen molar-refractivity contribution in [3.8, 4) is 5.75 Å². The molecule has 1 N–H and O–H groups in total. The summed E-state index contributed by atoms with van der Waals surface area (Å²) in [6.45, 7) is 0.112. The molecule has 0 aliphatic rings. The third-order valence-electron chi connectivity index (χ3n) is 3.66. The number of hydrogen-bond donors (Lipinski definition) is 1. The maximum absolute atomic E-state index is 12.1. The highest BCUT2D eigenvalue weighted by atomic mass is 79.9. The smallest absolute Gasteiger partial charge is 0.408 e. The van der Waals surface area contributed by atoms with E-state index in [0.717, 1.165) is 15.6 Å². The summed E-state index contributed by atoms with van der Waals surface area (Å²) in [6, 6.07) is 13.8. The molecule has 0 aliphatic heterocycles. The zero-order valence-corrected chi connectivity index (χ0v) is 16.1. The van der Waals surface area contributed by atoms with Crippen LogP contribution in [0.25, 0.3) is 0 Å². The summed E-state index contributed by atoms with van der Waals surface area (Å²) in [5, 5.41) is 2.55. The molecule has 6 nitrogen and oxygen atoms in total. The Morgan fingerprint density at radius 2 is 1.85 bits per heavy atom. The van der Waals surface area contributed by atoms with Gasteiger partial charge in [0, 0.05) is 10.9 Å². The molecular formula is C19H20BrNO5. The minimum Gasteiger partial charge on any atom is -0.496 e. The molecule has 0 saturated heterocycles. The van der Waals surface area contributed by atoms with E-state index in [-0.39, 0.29) is 13.0 Å². The number of carbonyl (C=O) groups excluding carboxylic acids is 2. The van der Waals surface area contributed by atoms with Crippen molar-refractivity contribution in [3.05, 3.63) is 64.1 Å². The van der Waals surface area contributed by atoms with Crippen LogP contribution in [0, 0.1) is 0 Å². The van der Waals surface area contributed by atoms with E-state index in [9.17, 15) is 9.59 Å². The second kappa shape index (κ2) is 9.82. The van der Waals surface area contributed by atoms with E-state index in [0.29, 0.717) is 5.75 Å². The van der Waals surface area contributed by atoms with Crippen LogP contribution in [-0.2, 0) is 27.3 Å². The van der Waals surface area contributed by atoms with Gasteiger partial charge in [-0.25, -0.2) is 9.59 Å². The minimum atomic E-state index is -0.897. The predicted molar refractivity (Wildman–Crippen MR) is 100.0 cm³/mol. The monoisotopic (exact) mass is 421 g/mol. The molecule has 2 rings (SSSR count). The molecule has 7 heteroatoms. The van der Waals surface area contributed by atoms with Gasteiger partial charge in [-0.05, 0) is 29.3 Å². The number of hydrogen-bond acceptors (Lipinski definition) is 5. The Bertz CT molecular complexity index is 751. The number of amides is 1. The van der Waals surface area contributed by atoms with Gasteiger partial charge in [0.15, 0.2) is 0 Å². The third kappa shape index (κ3) is 5.77. The van der Waals surface area contributed by atoms with Crippen LogP contribution in [0.4, 0.5) is 4.79 Å². The predicted octanol–water partition coefficient (Wildman–Crippen LogP) is 3.47. The maximum atomic E-state index is 12.1. The molecule has 1 unspecified atom stereocenters. The SMILES string of the molecule is COC(=O)C(Cc1cc(Br)ccc1OC)NC(=O)OCc1ccccc1. The minimum absolute atomic E-state index is 0.112. The van der Waals surface area contributed by atoms with Gasteiger partial charge in [-0.2, -0.15) is 0 Å². The van der Waals surface area contributed by atoms with Crippen molar-refractivity contribution in [2.75, 3.05) is 14.2 Å². The van der Waals surface area contributed by atoms with Gasteiger partial charge in [-0.15, -0.1) is 0 Å². The number of ether oxygens (including phenoxy) is 3. The molecule has 138 valence electrons. The van der Waals surface area contributed by atoms with Crippen LogP contribution in [0.5, 0.6) is 5.75 Å². The van der Waals surface area contributed by atoms with Gasteiger partial charge >= 0.3 is 12.1 Å². The van der Waals surface area contributed by atoms with E-state index in [2.05, 4.69) is 21.2 Å². The number of benzene rings is 2. The largest absolute Gasteiger partial charge is 0.496 e. The first-order valence-electron chi connectivity index (χ1n) is 7.91. The van der Waals surface area contributed by atoms with Crippen LogP contribution in [-0.4, -0.2) is 32.3 Å². The number of methoxy groups -OCH3 is 2. The molecule has 0 aromatic heterocycles. The Kier molecular flexibility index (Phi) is 7.47. The van der Waals surface area contributed by atoms with Crippen molar-refractivity contribution in [2.24, 2.45) is 0 Å². The molecule has 26 heavy (non-hydrogen) atoms. The van der Waals surface area contributed by atoms with Gasteiger partial charge in [-0.1, -0.05) is 46.3 Å². The number of halogens is 1. The van der Waals surface area contributed by atoms with Crippen LogP contribution < -0.4 is 10.1 Å². The summed E-state index contributed by atoms with van der Waals surface area (Å²) in [5.41, 5.74) is 1.60. The fourth-order valence-electron chi connectivity index (χ4n) is 2.37. The molecule has 1 atom stereocenters. The fourth-order valence-corrected chi connectivity index (χ4v) is 2.78. The Balaban J connectivity index is 2.04. The van der Waals surface area contributed by atoms with E-state index in [1.165, 1.54) is 7.11 Å². The summed E-state index contributed by atoms with van der Waals surface area (Å²) >= 11 is 3.39. The first-order valence-corrected chi connectivity index (χ1v) is 8.70. The van der Waals surface area contributed by atoms with Gasteiger partial charge in [0.2, 0.25) is 0 Å².